The van der Waals surface area contributed by atoms with Gasteiger partial charge in [0.25, 0.3) is 5.91 Å². The SMILES string of the molecule is COc1ccc(C)cc1-n1ccc(C(=O)N(C)CCC(=O)O)n1. The second kappa shape index (κ2) is 6.95. The van der Waals surface area contributed by atoms with Gasteiger partial charge >= 0.3 is 5.97 Å². The van der Waals surface area contributed by atoms with E-state index in [1.54, 1.807) is 31.1 Å². The molecule has 0 spiro atoms. The first-order valence-corrected chi connectivity index (χ1v) is 7.10. The standard InChI is InChI=1S/C16H19N3O4/c1-11-4-5-14(23-3)13(10-11)19-9-6-12(17-19)16(22)18(2)8-7-15(20)21/h4-6,9-10H,7-8H2,1-3H3,(H,20,21). The third-order valence-electron chi connectivity index (χ3n) is 3.40. The second-order valence-corrected chi connectivity index (χ2v) is 5.19. The van der Waals surface area contributed by atoms with E-state index in [0.29, 0.717) is 5.75 Å². The molecule has 122 valence electrons. The van der Waals surface area contributed by atoms with Crippen LogP contribution in [-0.4, -0.2) is 52.4 Å². The van der Waals surface area contributed by atoms with Crippen molar-refractivity contribution in [3.63, 3.8) is 0 Å². The Morgan fingerprint density at radius 1 is 1.35 bits per heavy atom. The fraction of sp³-hybridized carbons (Fsp3) is 0.312. The van der Waals surface area contributed by atoms with Gasteiger partial charge in [-0.25, -0.2) is 4.68 Å². The Labute approximate surface area is 134 Å². The van der Waals surface area contributed by atoms with Crippen LogP contribution in [0.25, 0.3) is 5.69 Å². The predicted octanol–water partition coefficient (Wildman–Crippen LogP) is 1.74. The minimum atomic E-state index is -0.945. The molecule has 0 saturated heterocycles. The summed E-state index contributed by atoms with van der Waals surface area (Å²) in [5.74, 6) is -0.617. The number of carbonyl (C=O) groups excluding carboxylic acids is 1. The maximum atomic E-state index is 12.2. The van der Waals surface area contributed by atoms with Gasteiger partial charge in [-0.1, -0.05) is 6.07 Å². The number of hydrogen-bond acceptors (Lipinski definition) is 4. The number of benzene rings is 1. The van der Waals surface area contributed by atoms with Gasteiger partial charge in [-0.3, -0.25) is 9.59 Å². The van der Waals surface area contributed by atoms with Gasteiger partial charge in [0.1, 0.15) is 11.4 Å². The van der Waals surface area contributed by atoms with Crippen LogP contribution < -0.4 is 4.74 Å². The largest absolute Gasteiger partial charge is 0.494 e. The predicted molar refractivity (Wildman–Crippen MR) is 84.1 cm³/mol. The van der Waals surface area contributed by atoms with Gasteiger partial charge in [-0.05, 0) is 30.7 Å². The maximum Gasteiger partial charge on any atom is 0.305 e. The first-order valence-electron chi connectivity index (χ1n) is 7.10. The second-order valence-electron chi connectivity index (χ2n) is 5.19. The van der Waals surface area contributed by atoms with Gasteiger partial charge in [0.15, 0.2) is 5.69 Å². The van der Waals surface area contributed by atoms with Crippen LogP contribution in [0.3, 0.4) is 0 Å². The topological polar surface area (TPSA) is 84.7 Å². The highest BCUT2D eigenvalue weighted by Crippen LogP contribution is 2.23. The van der Waals surface area contributed by atoms with E-state index in [-0.39, 0.29) is 24.6 Å². The van der Waals surface area contributed by atoms with E-state index in [4.69, 9.17) is 9.84 Å². The number of carbonyl (C=O) groups is 2. The molecule has 1 amide bonds. The van der Waals surface area contributed by atoms with Crippen molar-refractivity contribution in [1.82, 2.24) is 14.7 Å². The fourth-order valence-corrected chi connectivity index (χ4v) is 2.11. The minimum Gasteiger partial charge on any atom is -0.494 e. The average molecular weight is 317 g/mol. The van der Waals surface area contributed by atoms with Crippen LogP contribution in [0.4, 0.5) is 0 Å². The maximum absolute atomic E-state index is 12.2. The van der Waals surface area contributed by atoms with Gasteiger partial charge in [0.05, 0.1) is 13.5 Å². The number of nitrogens with zero attached hydrogens (tertiary/aromatic N) is 3. The Kier molecular flexibility index (Phi) is 5.00. The number of aryl methyl sites for hydroxylation is 1. The van der Waals surface area contributed by atoms with Gasteiger partial charge in [-0.2, -0.15) is 5.10 Å². The summed E-state index contributed by atoms with van der Waals surface area (Å²) in [7, 11) is 3.13. The summed E-state index contributed by atoms with van der Waals surface area (Å²) in [5.41, 5.74) is 2.03. The lowest BCUT2D eigenvalue weighted by Crippen LogP contribution is -2.29. The van der Waals surface area contributed by atoms with E-state index in [9.17, 15) is 9.59 Å². The summed E-state index contributed by atoms with van der Waals surface area (Å²) >= 11 is 0. The van der Waals surface area contributed by atoms with E-state index in [1.807, 2.05) is 25.1 Å². The minimum absolute atomic E-state index is 0.103. The van der Waals surface area contributed by atoms with Crippen molar-refractivity contribution >= 4 is 11.9 Å². The summed E-state index contributed by atoms with van der Waals surface area (Å²) in [4.78, 5) is 24.2. The number of amides is 1. The van der Waals surface area contributed by atoms with Crippen LogP contribution in [0.5, 0.6) is 5.75 Å². The Balaban J connectivity index is 2.22. The molecule has 2 rings (SSSR count). The molecule has 1 heterocycles. The zero-order valence-electron chi connectivity index (χ0n) is 13.3. The van der Waals surface area contributed by atoms with Crippen molar-refractivity contribution in [3.05, 3.63) is 41.7 Å². The van der Waals surface area contributed by atoms with Gasteiger partial charge in [-0.15, -0.1) is 0 Å². The molecule has 0 aliphatic carbocycles. The monoisotopic (exact) mass is 317 g/mol. The smallest absolute Gasteiger partial charge is 0.305 e. The van der Waals surface area contributed by atoms with Crippen molar-refractivity contribution in [2.24, 2.45) is 0 Å². The van der Waals surface area contributed by atoms with Crippen molar-refractivity contribution in [2.45, 2.75) is 13.3 Å². The molecule has 0 unspecified atom stereocenters. The highest BCUT2D eigenvalue weighted by Gasteiger charge is 2.17. The Morgan fingerprint density at radius 2 is 2.09 bits per heavy atom. The summed E-state index contributed by atoms with van der Waals surface area (Å²) in [6, 6.07) is 7.28. The van der Waals surface area contributed by atoms with E-state index in [0.717, 1.165) is 11.3 Å². The molecular formula is C16H19N3O4. The lowest BCUT2D eigenvalue weighted by atomic mass is 10.2. The highest BCUT2D eigenvalue weighted by molar-refractivity contribution is 5.92. The molecule has 7 nitrogen and oxygen atoms in total. The molecule has 7 heteroatoms. The quantitative estimate of drug-likeness (QED) is 0.877. The molecule has 0 aliphatic rings. The average Bonchev–Trinajstić information content (AvgIpc) is 3.01. The van der Waals surface area contributed by atoms with Gasteiger partial charge < -0.3 is 14.7 Å². The van der Waals surface area contributed by atoms with Crippen LogP contribution in [0.1, 0.15) is 22.5 Å². The first kappa shape index (κ1) is 16.5. The van der Waals surface area contributed by atoms with E-state index in [1.165, 1.54) is 4.90 Å². The van der Waals surface area contributed by atoms with Crippen molar-refractivity contribution in [2.75, 3.05) is 20.7 Å². The lowest BCUT2D eigenvalue weighted by Gasteiger charge is -2.14. The summed E-state index contributed by atoms with van der Waals surface area (Å²) in [5, 5.41) is 13.0. The normalized spacial score (nSPS) is 10.4. The van der Waals surface area contributed by atoms with Crippen LogP contribution in [0.15, 0.2) is 30.5 Å². The highest BCUT2D eigenvalue weighted by atomic mass is 16.5. The van der Waals surface area contributed by atoms with E-state index < -0.39 is 5.97 Å². The van der Waals surface area contributed by atoms with Crippen LogP contribution in [-0.2, 0) is 4.79 Å². The molecule has 2 aromatic rings. The summed E-state index contributed by atoms with van der Waals surface area (Å²) in [6.45, 7) is 2.09. The fourth-order valence-electron chi connectivity index (χ4n) is 2.11. The third-order valence-corrected chi connectivity index (χ3v) is 3.40. The molecule has 23 heavy (non-hydrogen) atoms. The van der Waals surface area contributed by atoms with Crippen molar-refractivity contribution in [1.29, 1.82) is 0 Å². The number of aliphatic carboxylic acids is 1. The zero-order valence-corrected chi connectivity index (χ0v) is 13.3. The molecule has 0 saturated carbocycles. The number of rotatable bonds is 6. The molecule has 0 radical (unpaired) electrons. The lowest BCUT2D eigenvalue weighted by molar-refractivity contribution is -0.137. The molecule has 0 bridgehead atoms. The molecule has 0 fully saturated rings. The van der Waals surface area contributed by atoms with E-state index in [2.05, 4.69) is 5.10 Å². The molecule has 1 N–H and O–H groups in total. The summed E-state index contributed by atoms with van der Waals surface area (Å²) < 4.78 is 6.89. The molecule has 1 aromatic carbocycles. The molecular weight excluding hydrogens is 298 g/mol. The van der Waals surface area contributed by atoms with Crippen LogP contribution in [0, 0.1) is 6.92 Å². The number of ether oxygens (including phenoxy) is 1. The zero-order chi connectivity index (χ0) is 17.0. The Bertz CT molecular complexity index is 724. The number of aromatic nitrogens is 2. The Hall–Kier alpha value is -2.83. The Morgan fingerprint density at radius 3 is 2.74 bits per heavy atom. The number of carboxylic acid groups (broad SMARTS) is 1. The number of methoxy groups -OCH3 is 1. The molecule has 0 aliphatic heterocycles. The molecule has 0 atom stereocenters. The van der Waals surface area contributed by atoms with Crippen molar-refractivity contribution < 1.29 is 19.4 Å². The first-order chi connectivity index (χ1) is 10.9. The van der Waals surface area contributed by atoms with Crippen LogP contribution >= 0.6 is 0 Å². The number of hydrogen-bond donors (Lipinski definition) is 1. The van der Waals surface area contributed by atoms with Crippen molar-refractivity contribution in [3.8, 4) is 11.4 Å². The number of carboxylic acids is 1. The summed E-state index contributed by atoms with van der Waals surface area (Å²) in [6.07, 6.45) is 1.57. The van der Waals surface area contributed by atoms with E-state index >= 15 is 0 Å². The molecule has 1 aromatic heterocycles. The van der Waals surface area contributed by atoms with Gasteiger partial charge in [0.2, 0.25) is 0 Å². The van der Waals surface area contributed by atoms with Crippen LogP contribution in [0.2, 0.25) is 0 Å². The van der Waals surface area contributed by atoms with Gasteiger partial charge in [0, 0.05) is 19.8 Å². The third kappa shape index (κ3) is 3.88.